The van der Waals surface area contributed by atoms with E-state index in [-0.39, 0.29) is 18.2 Å². The SMILES string of the molecule is C#CCN(CC1CC1)C(=O)C1CCCCS1(=O)=O. The van der Waals surface area contributed by atoms with E-state index in [1.807, 2.05) is 0 Å². The summed E-state index contributed by atoms with van der Waals surface area (Å²) in [5.74, 6) is 2.84. The van der Waals surface area contributed by atoms with Crippen molar-refractivity contribution in [3.63, 3.8) is 0 Å². The molecule has 1 saturated carbocycles. The molecule has 5 heteroatoms. The first kappa shape index (κ1) is 13.4. The maximum absolute atomic E-state index is 12.3. The largest absolute Gasteiger partial charge is 0.330 e. The van der Waals surface area contributed by atoms with Gasteiger partial charge in [0.15, 0.2) is 9.84 Å². The van der Waals surface area contributed by atoms with Gasteiger partial charge in [0.25, 0.3) is 0 Å². The summed E-state index contributed by atoms with van der Waals surface area (Å²) in [4.78, 5) is 13.9. The smallest absolute Gasteiger partial charge is 0.241 e. The van der Waals surface area contributed by atoms with Crippen LogP contribution in [0, 0.1) is 18.3 Å². The van der Waals surface area contributed by atoms with Crippen molar-refractivity contribution in [2.75, 3.05) is 18.8 Å². The molecule has 0 N–H and O–H groups in total. The lowest BCUT2D eigenvalue weighted by Crippen LogP contribution is -2.46. The summed E-state index contributed by atoms with van der Waals surface area (Å²) in [6.45, 7) is 0.844. The van der Waals surface area contributed by atoms with Gasteiger partial charge in [0, 0.05) is 6.54 Å². The molecule has 1 atom stereocenters. The van der Waals surface area contributed by atoms with Crippen LogP contribution in [0.4, 0.5) is 0 Å². The van der Waals surface area contributed by atoms with E-state index in [2.05, 4.69) is 5.92 Å². The van der Waals surface area contributed by atoms with E-state index < -0.39 is 15.1 Å². The number of carbonyl (C=O) groups is 1. The molecule has 0 bridgehead atoms. The van der Waals surface area contributed by atoms with E-state index in [0.29, 0.717) is 25.3 Å². The Bertz CT molecular complexity index is 459. The molecule has 0 radical (unpaired) electrons. The van der Waals surface area contributed by atoms with Crippen molar-refractivity contribution < 1.29 is 13.2 Å². The van der Waals surface area contributed by atoms with Gasteiger partial charge in [0.05, 0.1) is 12.3 Å². The molecular formula is C13H19NO3S. The summed E-state index contributed by atoms with van der Waals surface area (Å²) in [5, 5.41) is -0.849. The fourth-order valence-electron chi connectivity index (χ4n) is 2.39. The quantitative estimate of drug-likeness (QED) is 0.710. The van der Waals surface area contributed by atoms with Crippen LogP contribution in [0.2, 0.25) is 0 Å². The van der Waals surface area contributed by atoms with Crippen LogP contribution in [0.25, 0.3) is 0 Å². The van der Waals surface area contributed by atoms with Crippen LogP contribution in [-0.2, 0) is 14.6 Å². The van der Waals surface area contributed by atoms with Crippen molar-refractivity contribution in [3.05, 3.63) is 0 Å². The van der Waals surface area contributed by atoms with Crippen LogP contribution in [0.3, 0.4) is 0 Å². The second-order valence-corrected chi connectivity index (χ2v) is 7.52. The number of hydrogen-bond donors (Lipinski definition) is 0. The van der Waals surface area contributed by atoms with Gasteiger partial charge in [-0.05, 0) is 31.6 Å². The fraction of sp³-hybridized carbons (Fsp3) is 0.769. The predicted molar refractivity (Wildman–Crippen MR) is 69.6 cm³/mol. The molecule has 1 saturated heterocycles. The molecule has 4 nitrogen and oxygen atoms in total. The highest BCUT2D eigenvalue weighted by Crippen LogP contribution is 2.30. The van der Waals surface area contributed by atoms with Crippen molar-refractivity contribution in [3.8, 4) is 12.3 Å². The number of terminal acetylenes is 1. The molecule has 1 amide bonds. The van der Waals surface area contributed by atoms with Crippen LogP contribution in [0.1, 0.15) is 32.1 Å². The van der Waals surface area contributed by atoms with Crippen molar-refractivity contribution in [1.82, 2.24) is 4.90 Å². The van der Waals surface area contributed by atoms with Crippen molar-refractivity contribution in [1.29, 1.82) is 0 Å². The number of nitrogens with zero attached hydrogens (tertiary/aromatic N) is 1. The molecule has 1 unspecified atom stereocenters. The average molecular weight is 269 g/mol. The third kappa shape index (κ3) is 3.05. The number of amides is 1. The Balaban J connectivity index is 2.08. The van der Waals surface area contributed by atoms with E-state index in [4.69, 9.17) is 6.42 Å². The third-order valence-electron chi connectivity index (χ3n) is 3.62. The maximum Gasteiger partial charge on any atom is 0.241 e. The molecule has 0 aromatic carbocycles. The van der Waals surface area contributed by atoms with E-state index in [0.717, 1.165) is 19.3 Å². The van der Waals surface area contributed by atoms with E-state index >= 15 is 0 Å². The minimum absolute atomic E-state index is 0.136. The van der Waals surface area contributed by atoms with Gasteiger partial charge in [-0.25, -0.2) is 8.42 Å². The molecule has 2 aliphatic rings. The van der Waals surface area contributed by atoms with Gasteiger partial charge in [-0.2, -0.15) is 0 Å². The zero-order chi connectivity index (χ0) is 13.2. The van der Waals surface area contributed by atoms with Crippen molar-refractivity contribution >= 4 is 15.7 Å². The fourth-order valence-corrected chi connectivity index (χ4v) is 4.26. The number of rotatable bonds is 4. The lowest BCUT2D eigenvalue weighted by molar-refractivity contribution is -0.130. The summed E-state index contributed by atoms with van der Waals surface area (Å²) in [6.07, 6.45) is 9.43. The normalized spacial score (nSPS) is 26.3. The highest BCUT2D eigenvalue weighted by molar-refractivity contribution is 7.92. The monoisotopic (exact) mass is 269 g/mol. The molecule has 1 aliphatic heterocycles. The Morgan fingerprint density at radius 1 is 1.28 bits per heavy atom. The first-order valence-corrected chi connectivity index (χ1v) is 8.20. The van der Waals surface area contributed by atoms with E-state index in [1.54, 1.807) is 4.90 Å². The second kappa shape index (κ2) is 5.31. The summed E-state index contributed by atoms with van der Waals surface area (Å²) in [5.41, 5.74) is 0. The zero-order valence-corrected chi connectivity index (χ0v) is 11.3. The summed E-state index contributed by atoms with van der Waals surface area (Å²) in [6, 6.07) is 0. The van der Waals surface area contributed by atoms with Crippen LogP contribution in [0.15, 0.2) is 0 Å². The van der Waals surface area contributed by atoms with Crippen LogP contribution in [-0.4, -0.2) is 43.3 Å². The van der Waals surface area contributed by atoms with Crippen molar-refractivity contribution in [2.24, 2.45) is 5.92 Å². The molecule has 2 rings (SSSR count). The van der Waals surface area contributed by atoms with Crippen LogP contribution in [0.5, 0.6) is 0 Å². The lowest BCUT2D eigenvalue weighted by Gasteiger charge is -2.28. The van der Waals surface area contributed by atoms with Gasteiger partial charge in [-0.3, -0.25) is 4.79 Å². The predicted octanol–water partition coefficient (Wildman–Crippen LogP) is 0.826. The molecule has 100 valence electrons. The molecule has 1 aliphatic carbocycles. The summed E-state index contributed by atoms with van der Waals surface area (Å²) in [7, 11) is -3.26. The Kier molecular flexibility index (Phi) is 3.96. The lowest BCUT2D eigenvalue weighted by atomic mass is 10.1. The zero-order valence-electron chi connectivity index (χ0n) is 10.5. The molecule has 18 heavy (non-hydrogen) atoms. The molecule has 0 aromatic heterocycles. The van der Waals surface area contributed by atoms with Gasteiger partial charge < -0.3 is 4.90 Å². The standard InChI is InChI=1S/C13H19NO3S/c1-2-8-14(10-11-6-7-11)13(15)12-5-3-4-9-18(12,16)17/h1,11-12H,3-10H2. The van der Waals surface area contributed by atoms with Gasteiger partial charge in [0.2, 0.25) is 5.91 Å². The number of hydrogen-bond acceptors (Lipinski definition) is 3. The number of carbonyl (C=O) groups excluding carboxylic acids is 1. The summed E-state index contributed by atoms with van der Waals surface area (Å²) < 4.78 is 23.9. The molecule has 0 spiro atoms. The van der Waals surface area contributed by atoms with Crippen LogP contribution >= 0.6 is 0 Å². The third-order valence-corrected chi connectivity index (χ3v) is 5.79. The minimum Gasteiger partial charge on any atom is -0.330 e. The van der Waals surface area contributed by atoms with Gasteiger partial charge >= 0.3 is 0 Å². The Morgan fingerprint density at radius 2 is 2.00 bits per heavy atom. The second-order valence-electron chi connectivity index (χ2n) is 5.22. The highest BCUT2D eigenvalue weighted by Gasteiger charge is 2.38. The van der Waals surface area contributed by atoms with E-state index in [9.17, 15) is 13.2 Å². The molecule has 0 aromatic rings. The molecular weight excluding hydrogens is 250 g/mol. The minimum atomic E-state index is -3.26. The summed E-state index contributed by atoms with van der Waals surface area (Å²) >= 11 is 0. The first-order valence-electron chi connectivity index (χ1n) is 6.48. The Hall–Kier alpha value is -1.02. The molecule has 1 heterocycles. The Morgan fingerprint density at radius 3 is 2.56 bits per heavy atom. The van der Waals surface area contributed by atoms with Crippen LogP contribution < -0.4 is 0 Å². The highest BCUT2D eigenvalue weighted by atomic mass is 32.2. The topological polar surface area (TPSA) is 54.5 Å². The average Bonchev–Trinajstić information content (AvgIpc) is 3.11. The van der Waals surface area contributed by atoms with Gasteiger partial charge in [0.1, 0.15) is 5.25 Å². The first-order chi connectivity index (χ1) is 8.54. The maximum atomic E-state index is 12.3. The Labute approximate surface area is 109 Å². The van der Waals surface area contributed by atoms with Gasteiger partial charge in [-0.1, -0.05) is 12.3 Å². The number of sulfone groups is 1. The molecule has 2 fully saturated rings. The van der Waals surface area contributed by atoms with Crippen molar-refractivity contribution in [2.45, 2.75) is 37.4 Å². The van der Waals surface area contributed by atoms with E-state index in [1.165, 1.54) is 0 Å². The van der Waals surface area contributed by atoms with Gasteiger partial charge in [-0.15, -0.1) is 6.42 Å².